The van der Waals surface area contributed by atoms with E-state index < -0.39 is 0 Å². The van der Waals surface area contributed by atoms with Crippen molar-refractivity contribution in [2.75, 3.05) is 18.4 Å². The van der Waals surface area contributed by atoms with Gasteiger partial charge in [0.1, 0.15) is 0 Å². The molecule has 1 atom stereocenters. The summed E-state index contributed by atoms with van der Waals surface area (Å²) in [4.78, 5) is 11.8. The fourth-order valence-corrected chi connectivity index (χ4v) is 2.09. The summed E-state index contributed by atoms with van der Waals surface area (Å²) in [5, 5.41) is 6.10. The van der Waals surface area contributed by atoms with Gasteiger partial charge in [-0.15, -0.1) is 12.4 Å². The van der Waals surface area contributed by atoms with Crippen LogP contribution in [0.3, 0.4) is 0 Å². The molecule has 0 unspecified atom stereocenters. The SMILES string of the molecule is Cl.O=C(Nc1cccc(Br)c1)[C@H]1CCNC1. The molecule has 1 aliphatic rings. The Balaban J connectivity index is 0.00000128. The van der Waals surface area contributed by atoms with Gasteiger partial charge in [-0.3, -0.25) is 4.79 Å². The van der Waals surface area contributed by atoms with Crippen molar-refractivity contribution in [2.24, 2.45) is 5.92 Å². The van der Waals surface area contributed by atoms with Crippen molar-refractivity contribution in [2.45, 2.75) is 6.42 Å². The van der Waals surface area contributed by atoms with Crippen LogP contribution in [0.5, 0.6) is 0 Å². The van der Waals surface area contributed by atoms with Crippen LogP contribution >= 0.6 is 28.3 Å². The minimum Gasteiger partial charge on any atom is -0.326 e. The second-order valence-electron chi connectivity index (χ2n) is 3.69. The van der Waals surface area contributed by atoms with E-state index in [0.717, 1.165) is 29.7 Å². The number of hydrogen-bond donors (Lipinski definition) is 2. The van der Waals surface area contributed by atoms with Gasteiger partial charge in [0, 0.05) is 16.7 Å². The van der Waals surface area contributed by atoms with Crippen molar-refractivity contribution < 1.29 is 4.79 Å². The molecule has 0 bridgehead atoms. The van der Waals surface area contributed by atoms with Gasteiger partial charge in [0.15, 0.2) is 0 Å². The molecule has 5 heteroatoms. The first-order valence-corrected chi connectivity index (χ1v) is 5.82. The zero-order valence-electron chi connectivity index (χ0n) is 8.70. The summed E-state index contributed by atoms with van der Waals surface area (Å²) in [5.41, 5.74) is 0.848. The zero-order chi connectivity index (χ0) is 10.7. The molecule has 0 aromatic heterocycles. The van der Waals surface area contributed by atoms with Crippen LogP contribution < -0.4 is 10.6 Å². The first-order valence-electron chi connectivity index (χ1n) is 5.03. The van der Waals surface area contributed by atoms with Crippen molar-refractivity contribution in [1.29, 1.82) is 0 Å². The maximum absolute atomic E-state index is 11.8. The van der Waals surface area contributed by atoms with Gasteiger partial charge in [-0.1, -0.05) is 22.0 Å². The lowest BCUT2D eigenvalue weighted by Gasteiger charge is -2.09. The van der Waals surface area contributed by atoms with E-state index in [2.05, 4.69) is 26.6 Å². The van der Waals surface area contributed by atoms with Crippen LogP contribution in [0.25, 0.3) is 0 Å². The third-order valence-electron chi connectivity index (χ3n) is 2.52. The molecule has 1 aliphatic heterocycles. The Morgan fingerprint density at radius 1 is 1.50 bits per heavy atom. The van der Waals surface area contributed by atoms with Crippen LogP contribution in [0.15, 0.2) is 28.7 Å². The lowest BCUT2D eigenvalue weighted by atomic mass is 10.1. The summed E-state index contributed by atoms with van der Waals surface area (Å²) < 4.78 is 0.977. The second kappa shape index (κ2) is 6.23. The Labute approximate surface area is 110 Å². The second-order valence-corrected chi connectivity index (χ2v) is 4.60. The number of anilines is 1. The van der Waals surface area contributed by atoms with Gasteiger partial charge in [0.25, 0.3) is 0 Å². The monoisotopic (exact) mass is 304 g/mol. The van der Waals surface area contributed by atoms with E-state index in [1.54, 1.807) is 0 Å². The van der Waals surface area contributed by atoms with Crippen molar-refractivity contribution in [3.63, 3.8) is 0 Å². The van der Waals surface area contributed by atoms with Gasteiger partial charge in [0.2, 0.25) is 5.91 Å². The Hall–Kier alpha value is -0.580. The highest BCUT2D eigenvalue weighted by molar-refractivity contribution is 9.10. The molecule has 2 rings (SSSR count). The number of rotatable bonds is 2. The van der Waals surface area contributed by atoms with Crippen LogP contribution in [0, 0.1) is 5.92 Å². The van der Waals surface area contributed by atoms with Gasteiger partial charge in [-0.25, -0.2) is 0 Å². The molecule has 0 saturated carbocycles. The summed E-state index contributed by atoms with van der Waals surface area (Å²) >= 11 is 3.37. The summed E-state index contributed by atoms with van der Waals surface area (Å²) in [7, 11) is 0. The van der Waals surface area contributed by atoms with Crippen molar-refractivity contribution >= 4 is 39.9 Å². The molecular weight excluding hydrogens is 291 g/mol. The highest BCUT2D eigenvalue weighted by Gasteiger charge is 2.22. The Bertz CT molecular complexity index is 367. The normalized spacial score (nSPS) is 18.9. The number of carbonyl (C=O) groups is 1. The van der Waals surface area contributed by atoms with Crippen molar-refractivity contribution in [1.82, 2.24) is 5.32 Å². The molecule has 0 aliphatic carbocycles. The minimum absolute atomic E-state index is 0. The van der Waals surface area contributed by atoms with Crippen LogP contribution in [0.4, 0.5) is 5.69 Å². The average Bonchev–Trinajstić information content (AvgIpc) is 2.70. The van der Waals surface area contributed by atoms with Gasteiger partial charge in [0.05, 0.1) is 5.92 Å². The summed E-state index contributed by atoms with van der Waals surface area (Å²) in [6.45, 7) is 1.73. The minimum atomic E-state index is 0. The first-order chi connectivity index (χ1) is 7.25. The maximum Gasteiger partial charge on any atom is 0.228 e. The predicted octanol–water partition coefficient (Wildman–Crippen LogP) is 2.42. The first kappa shape index (κ1) is 13.5. The Morgan fingerprint density at radius 3 is 2.94 bits per heavy atom. The van der Waals surface area contributed by atoms with Gasteiger partial charge in [-0.05, 0) is 31.2 Å². The number of nitrogens with one attached hydrogen (secondary N) is 2. The quantitative estimate of drug-likeness (QED) is 0.881. The van der Waals surface area contributed by atoms with Gasteiger partial charge in [-0.2, -0.15) is 0 Å². The molecule has 1 fully saturated rings. The van der Waals surface area contributed by atoms with Crippen LogP contribution in [-0.2, 0) is 4.79 Å². The molecule has 0 radical (unpaired) electrons. The fourth-order valence-electron chi connectivity index (χ4n) is 1.69. The lowest BCUT2D eigenvalue weighted by Crippen LogP contribution is -2.24. The topological polar surface area (TPSA) is 41.1 Å². The maximum atomic E-state index is 11.8. The van der Waals surface area contributed by atoms with E-state index in [0.29, 0.717) is 0 Å². The number of hydrogen-bond acceptors (Lipinski definition) is 2. The molecule has 3 nitrogen and oxygen atoms in total. The van der Waals surface area contributed by atoms with Crippen molar-refractivity contribution in [3.8, 4) is 0 Å². The van der Waals surface area contributed by atoms with E-state index in [4.69, 9.17) is 0 Å². The highest BCUT2D eigenvalue weighted by atomic mass is 79.9. The lowest BCUT2D eigenvalue weighted by molar-refractivity contribution is -0.119. The number of carbonyl (C=O) groups excluding carboxylic acids is 1. The van der Waals surface area contributed by atoms with E-state index in [9.17, 15) is 4.79 Å². The van der Waals surface area contributed by atoms with Gasteiger partial charge < -0.3 is 10.6 Å². The molecule has 1 aromatic rings. The van der Waals surface area contributed by atoms with E-state index in [-0.39, 0.29) is 24.2 Å². The largest absolute Gasteiger partial charge is 0.326 e. The summed E-state index contributed by atoms with van der Waals surface area (Å²) in [5.74, 6) is 0.224. The van der Waals surface area contributed by atoms with E-state index in [1.807, 2.05) is 24.3 Å². The van der Waals surface area contributed by atoms with E-state index in [1.165, 1.54) is 0 Å². The predicted molar refractivity (Wildman–Crippen MR) is 71.0 cm³/mol. The molecule has 1 amide bonds. The molecule has 1 heterocycles. The van der Waals surface area contributed by atoms with Crippen LogP contribution in [0.1, 0.15) is 6.42 Å². The molecule has 1 aromatic carbocycles. The zero-order valence-corrected chi connectivity index (χ0v) is 11.1. The fraction of sp³-hybridized carbons (Fsp3) is 0.364. The Morgan fingerprint density at radius 2 is 2.31 bits per heavy atom. The molecule has 88 valence electrons. The average molecular weight is 306 g/mol. The summed E-state index contributed by atoms with van der Waals surface area (Å²) in [6.07, 6.45) is 0.930. The van der Waals surface area contributed by atoms with Crippen molar-refractivity contribution in [3.05, 3.63) is 28.7 Å². The third kappa shape index (κ3) is 3.47. The van der Waals surface area contributed by atoms with Gasteiger partial charge >= 0.3 is 0 Å². The molecule has 2 N–H and O–H groups in total. The molecule has 0 spiro atoms. The number of halogens is 2. The van der Waals surface area contributed by atoms with Crippen LogP contribution in [-0.4, -0.2) is 19.0 Å². The van der Waals surface area contributed by atoms with E-state index >= 15 is 0 Å². The standard InChI is InChI=1S/C11H13BrN2O.ClH/c12-9-2-1-3-10(6-9)14-11(15)8-4-5-13-7-8;/h1-3,6,8,13H,4-5,7H2,(H,14,15);1H/t8-;/m0./s1. The van der Waals surface area contributed by atoms with Crippen LogP contribution in [0.2, 0.25) is 0 Å². The molecule has 16 heavy (non-hydrogen) atoms. The smallest absolute Gasteiger partial charge is 0.228 e. The number of benzene rings is 1. The number of amides is 1. The Kier molecular flexibility index (Phi) is 5.25. The highest BCUT2D eigenvalue weighted by Crippen LogP contribution is 2.17. The molecule has 1 saturated heterocycles. The molecular formula is C11H14BrClN2O. The third-order valence-corrected chi connectivity index (χ3v) is 3.02. The summed E-state index contributed by atoms with van der Waals surface area (Å²) in [6, 6.07) is 7.64.